The number of methoxy groups -OCH3 is 1. The minimum Gasteiger partial charge on any atom is -0.495 e. The van der Waals surface area contributed by atoms with E-state index in [4.69, 9.17) is 32.7 Å². The zero-order valence-corrected chi connectivity index (χ0v) is 16.4. The monoisotopic (exact) mass is 409 g/mol. The molecule has 2 aromatic carbocycles. The lowest BCUT2D eigenvalue weighted by atomic mass is 10.2. The molecule has 1 aliphatic rings. The maximum Gasteiger partial charge on any atom is 0.243 e. The molecule has 6 nitrogen and oxygen atoms in total. The highest BCUT2D eigenvalue weighted by atomic mass is 35.5. The van der Waals surface area contributed by atoms with Gasteiger partial charge in [-0.15, -0.1) is 0 Å². The van der Waals surface area contributed by atoms with Crippen molar-refractivity contribution in [3.05, 3.63) is 46.4 Å². The molecule has 1 saturated heterocycles. The quantitative estimate of drug-likeness (QED) is 0.757. The zero-order chi connectivity index (χ0) is 19.2. The van der Waals surface area contributed by atoms with E-state index < -0.39 is 0 Å². The molecular formula is C19H21Cl2N3O3. The van der Waals surface area contributed by atoms with Crippen LogP contribution in [0, 0.1) is 0 Å². The molecule has 0 saturated carbocycles. The summed E-state index contributed by atoms with van der Waals surface area (Å²) >= 11 is 12.4. The Kier molecular flexibility index (Phi) is 6.66. The van der Waals surface area contributed by atoms with E-state index >= 15 is 0 Å². The standard InChI is InChI=1S/C19H21Cl2N3O3/c1-26-17-6-5-13(20)11-16(17)23-18(25)12-22-15-4-2-3-14(21)19(15)24-7-9-27-10-8-24/h2-6,11,22H,7-10,12H2,1H3,(H,23,25). The predicted octanol–water partition coefficient (Wildman–Crippen LogP) is 3.89. The number of hydrogen-bond acceptors (Lipinski definition) is 5. The van der Waals surface area contributed by atoms with Gasteiger partial charge in [0.15, 0.2) is 0 Å². The first-order valence-electron chi connectivity index (χ1n) is 8.57. The second-order valence-corrected chi connectivity index (χ2v) is 6.83. The Morgan fingerprint density at radius 2 is 1.96 bits per heavy atom. The van der Waals surface area contributed by atoms with Crippen molar-refractivity contribution in [3.63, 3.8) is 0 Å². The van der Waals surface area contributed by atoms with Crippen LogP contribution in [0.3, 0.4) is 0 Å². The molecule has 144 valence electrons. The van der Waals surface area contributed by atoms with E-state index in [1.54, 1.807) is 18.2 Å². The summed E-state index contributed by atoms with van der Waals surface area (Å²) in [6, 6.07) is 10.7. The number of carbonyl (C=O) groups excluding carboxylic acids is 1. The smallest absolute Gasteiger partial charge is 0.243 e. The molecule has 8 heteroatoms. The number of nitrogens with zero attached hydrogens (tertiary/aromatic N) is 1. The van der Waals surface area contributed by atoms with E-state index in [9.17, 15) is 4.79 Å². The zero-order valence-electron chi connectivity index (χ0n) is 14.9. The number of halogens is 2. The maximum absolute atomic E-state index is 12.4. The van der Waals surface area contributed by atoms with Gasteiger partial charge >= 0.3 is 0 Å². The summed E-state index contributed by atoms with van der Waals surface area (Å²) in [5, 5.41) is 7.13. The van der Waals surface area contributed by atoms with Crippen LogP contribution in [0.5, 0.6) is 5.75 Å². The van der Waals surface area contributed by atoms with E-state index in [2.05, 4.69) is 15.5 Å². The van der Waals surface area contributed by atoms with E-state index in [1.165, 1.54) is 7.11 Å². The molecule has 2 N–H and O–H groups in total. The highest BCUT2D eigenvalue weighted by Crippen LogP contribution is 2.34. The third-order valence-electron chi connectivity index (χ3n) is 4.19. The molecule has 0 aromatic heterocycles. The fourth-order valence-electron chi connectivity index (χ4n) is 2.91. The number of amides is 1. The molecule has 0 unspecified atom stereocenters. The van der Waals surface area contributed by atoms with Crippen molar-refractivity contribution < 1.29 is 14.3 Å². The number of para-hydroxylation sites is 1. The van der Waals surface area contributed by atoms with Gasteiger partial charge in [0, 0.05) is 18.1 Å². The number of morpholine rings is 1. The second-order valence-electron chi connectivity index (χ2n) is 5.98. The summed E-state index contributed by atoms with van der Waals surface area (Å²) in [7, 11) is 1.54. The Hall–Kier alpha value is -2.15. The Bertz CT molecular complexity index is 811. The van der Waals surface area contributed by atoms with Crippen molar-refractivity contribution >= 4 is 46.2 Å². The largest absolute Gasteiger partial charge is 0.495 e. The van der Waals surface area contributed by atoms with Crippen molar-refractivity contribution in [3.8, 4) is 5.75 Å². The average molecular weight is 410 g/mol. The molecule has 27 heavy (non-hydrogen) atoms. The number of carbonyl (C=O) groups is 1. The molecule has 1 fully saturated rings. The van der Waals surface area contributed by atoms with E-state index in [0.29, 0.717) is 34.7 Å². The molecule has 1 aliphatic heterocycles. The van der Waals surface area contributed by atoms with Gasteiger partial charge in [0.1, 0.15) is 5.75 Å². The van der Waals surface area contributed by atoms with Gasteiger partial charge in [-0.2, -0.15) is 0 Å². The molecule has 0 bridgehead atoms. The Labute approximate surface area is 168 Å². The fourth-order valence-corrected chi connectivity index (χ4v) is 3.38. The molecule has 0 radical (unpaired) electrons. The topological polar surface area (TPSA) is 62.8 Å². The van der Waals surface area contributed by atoms with Crippen LogP contribution in [0.15, 0.2) is 36.4 Å². The van der Waals surface area contributed by atoms with Crippen molar-refractivity contribution in [2.45, 2.75) is 0 Å². The minimum absolute atomic E-state index is 0.0767. The van der Waals surface area contributed by atoms with Crippen LogP contribution in [0.1, 0.15) is 0 Å². The van der Waals surface area contributed by atoms with E-state index in [0.717, 1.165) is 24.5 Å². The van der Waals surface area contributed by atoms with E-state index in [-0.39, 0.29) is 12.5 Å². The van der Waals surface area contributed by atoms with Crippen molar-refractivity contribution in [2.75, 3.05) is 55.5 Å². The Balaban J connectivity index is 1.69. The Morgan fingerprint density at radius 1 is 1.19 bits per heavy atom. The molecular weight excluding hydrogens is 389 g/mol. The van der Waals surface area contributed by atoms with E-state index in [1.807, 2.05) is 18.2 Å². The van der Waals surface area contributed by atoms with Gasteiger partial charge in [-0.25, -0.2) is 0 Å². The highest BCUT2D eigenvalue weighted by Gasteiger charge is 2.18. The van der Waals surface area contributed by atoms with Gasteiger partial charge in [-0.05, 0) is 30.3 Å². The number of benzene rings is 2. The summed E-state index contributed by atoms with van der Waals surface area (Å²) in [5.74, 6) is 0.327. The molecule has 3 rings (SSSR count). The van der Waals surface area contributed by atoms with Gasteiger partial charge < -0.3 is 25.0 Å². The number of nitrogens with one attached hydrogen (secondary N) is 2. The summed E-state index contributed by atoms with van der Waals surface area (Å²) < 4.78 is 10.7. The molecule has 1 heterocycles. The van der Waals surface area contributed by atoms with Crippen LogP contribution >= 0.6 is 23.2 Å². The summed E-state index contributed by atoms with van der Waals surface area (Å²) in [5.41, 5.74) is 2.21. The first kappa shape index (κ1) is 19.6. The van der Waals surface area contributed by atoms with Gasteiger partial charge in [0.2, 0.25) is 5.91 Å². The second kappa shape index (κ2) is 9.17. The molecule has 0 atom stereocenters. The van der Waals surface area contributed by atoms with Crippen LogP contribution in [0.4, 0.5) is 17.1 Å². The summed E-state index contributed by atoms with van der Waals surface area (Å²) in [6.45, 7) is 2.89. The third kappa shape index (κ3) is 4.97. The van der Waals surface area contributed by atoms with Crippen molar-refractivity contribution in [1.82, 2.24) is 0 Å². The Morgan fingerprint density at radius 3 is 2.70 bits per heavy atom. The highest BCUT2D eigenvalue weighted by molar-refractivity contribution is 6.34. The summed E-state index contributed by atoms with van der Waals surface area (Å²) in [6.07, 6.45) is 0. The average Bonchev–Trinajstić information content (AvgIpc) is 2.67. The first-order chi connectivity index (χ1) is 13.1. The maximum atomic E-state index is 12.4. The molecule has 0 aliphatic carbocycles. The van der Waals surface area contributed by atoms with Crippen LogP contribution < -0.4 is 20.3 Å². The lowest BCUT2D eigenvalue weighted by Crippen LogP contribution is -2.37. The lowest BCUT2D eigenvalue weighted by Gasteiger charge is -2.31. The molecule has 1 amide bonds. The van der Waals surface area contributed by atoms with Gasteiger partial charge in [-0.3, -0.25) is 4.79 Å². The van der Waals surface area contributed by atoms with Crippen LogP contribution in [-0.4, -0.2) is 45.9 Å². The summed E-state index contributed by atoms with van der Waals surface area (Å²) in [4.78, 5) is 14.6. The van der Waals surface area contributed by atoms with Crippen LogP contribution in [-0.2, 0) is 9.53 Å². The predicted molar refractivity (Wildman–Crippen MR) is 110 cm³/mol. The SMILES string of the molecule is COc1ccc(Cl)cc1NC(=O)CNc1cccc(Cl)c1N1CCOCC1. The number of hydrogen-bond donors (Lipinski definition) is 2. The first-order valence-corrected chi connectivity index (χ1v) is 9.32. The van der Waals surface area contributed by atoms with Crippen LogP contribution in [0.2, 0.25) is 10.0 Å². The number of anilines is 3. The van der Waals surface area contributed by atoms with Crippen molar-refractivity contribution in [1.29, 1.82) is 0 Å². The molecule has 0 spiro atoms. The third-order valence-corrected chi connectivity index (χ3v) is 4.73. The van der Waals surface area contributed by atoms with Crippen LogP contribution in [0.25, 0.3) is 0 Å². The van der Waals surface area contributed by atoms with Crippen molar-refractivity contribution in [2.24, 2.45) is 0 Å². The number of ether oxygens (including phenoxy) is 2. The van der Waals surface area contributed by atoms with Gasteiger partial charge in [0.05, 0.1) is 49.0 Å². The fraction of sp³-hybridized carbons (Fsp3) is 0.316. The number of rotatable bonds is 6. The lowest BCUT2D eigenvalue weighted by molar-refractivity contribution is -0.114. The minimum atomic E-state index is -0.219. The van der Waals surface area contributed by atoms with Gasteiger partial charge in [0.25, 0.3) is 0 Å². The molecule has 2 aromatic rings. The normalized spacial score (nSPS) is 14.0. The van der Waals surface area contributed by atoms with Gasteiger partial charge in [-0.1, -0.05) is 29.3 Å².